The van der Waals surface area contributed by atoms with E-state index in [2.05, 4.69) is 39.1 Å². The van der Waals surface area contributed by atoms with Crippen molar-refractivity contribution in [3.8, 4) is 0 Å². The van der Waals surface area contributed by atoms with Crippen LogP contribution in [-0.4, -0.2) is 12.6 Å². The van der Waals surface area contributed by atoms with Crippen molar-refractivity contribution in [1.82, 2.24) is 5.32 Å². The van der Waals surface area contributed by atoms with Crippen LogP contribution in [0, 0.1) is 16.7 Å². The molecule has 2 fully saturated rings. The number of hydrogen-bond donors (Lipinski definition) is 1. The number of ether oxygens (including phenoxy) is 1. The molecule has 1 aromatic rings. The van der Waals surface area contributed by atoms with E-state index in [1.165, 1.54) is 24.8 Å². The van der Waals surface area contributed by atoms with Gasteiger partial charge in [-0.25, -0.2) is 0 Å². The summed E-state index contributed by atoms with van der Waals surface area (Å²) in [5, 5.41) is 3.31. The Bertz CT molecular complexity index is 493. The third-order valence-electron chi connectivity index (χ3n) is 6.43. The topological polar surface area (TPSA) is 34.4 Å². The molecule has 2 aliphatic carbocycles. The molecule has 3 heteroatoms. The highest BCUT2D eigenvalue weighted by atomic mass is 16.5. The highest BCUT2D eigenvalue weighted by Gasteiger charge is 2.61. The first-order chi connectivity index (χ1) is 9.97. The lowest BCUT2D eigenvalue weighted by atomic mass is 9.70. The fourth-order valence-corrected chi connectivity index (χ4v) is 4.43. The average molecular weight is 291 g/mol. The minimum absolute atomic E-state index is 0.330. The first-order valence-corrected chi connectivity index (χ1v) is 8.36. The van der Waals surface area contributed by atoms with E-state index in [-0.39, 0.29) is 0 Å². The highest BCUT2D eigenvalue weighted by Crippen LogP contribution is 2.66. The summed E-state index contributed by atoms with van der Waals surface area (Å²) < 4.78 is 11.9. The summed E-state index contributed by atoms with van der Waals surface area (Å²) in [6, 6.07) is 2.11. The molecule has 3 nitrogen and oxygen atoms in total. The predicted molar refractivity (Wildman–Crippen MR) is 83.9 cm³/mol. The summed E-state index contributed by atoms with van der Waals surface area (Å²) in [6.07, 6.45) is 6.12. The van der Waals surface area contributed by atoms with Gasteiger partial charge < -0.3 is 14.5 Å². The fourth-order valence-electron chi connectivity index (χ4n) is 4.43. The van der Waals surface area contributed by atoms with Crippen molar-refractivity contribution in [3.05, 3.63) is 23.7 Å². The number of hydrogen-bond acceptors (Lipinski definition) is 3. The van der Waals surface area contributed by atoms with Gasteiger partial charge in [-0.05, 0) is 48.6 Å². The molecule has 1 aromatic heterocycles. The lowest BCUT2D eigenvalue weighted by Crippen LogP contribution is -2.37. The molecular weight excluding hydrogens is 262 g/mol. The molecule has 118 valence electrons. The normalized spacial score (nSPS) is 33.7. The minimum Gasteiger partial charge on any atom is -0.467 e. The molecule has 2 saturated carbocycles. The number of fused-ring (bicyclic) bond motifs is 2. The maximum atomic E-state index is 6.27. The van der Waals surface area contributed by atoms with E-state index >= 15 is 0 Å². The average Bonchev–Trinajstić information content (AvgIpc) is 3.04. The molecule has 0 amide bonds. The predicted octanol–water partition coefficient (Wildman–Crippen LogP) is 4.12. The number of nitrogens with one attached hydrogen (secondary N) is 1. The first kappa shape index (κ1) is 15.1. The number of rotatable bonds is 6. The van der Waals surface area contributed by atoms with Crippen LogP contribution in [0.5, 0.6) is 0 Å². The second-order valence-electron chi connectivity index (χ2n) is 7.61. The fraction of sp³-hybridized carbons (Fsp3) is 0.778. The van der Waals surface area contributed by atoms with Crippen LogP contribution in [0.4, 0.5) is 0 Å². The van der Waals surface area contributed by atoms with Crippen LogP contribution in [0.2, 0.25) is 0 Å². The summed E-state index contributed by atoms with van der Waals surface area (Å²) in [6.45, 7) is 11.8. The summed E-state index contributed by atoms with van der Waals surface area (Å²) in [5.74, 6) is 1.78. The molecule has 0 aromatic carbocycles. The van der Waals surface area contributed by atoms with Crippen LogP contribution in [-0.2, 0) is 17.9 Å². The SMILES string of the molecule is CCNCc1coc(COC2CC3CCC2(C)C3(C)C)c1. The summed E-state index contributed by atoms with van der Waals surface area (Å²) in [4.78, 5) is 0. The standard InChI is InChI=1S/C18H29NO2/c1-5-19-10-13-8-15(20-11-13)12-21-16-9-14-6-7-18(16,4)17(14,2)3/h8,11,14,16,19H,5-7,9-10,12H2,1-4H3. The zero-order valence-corrected chi connectivity index (χ0v) is 13.9. The molecule has 21 heavy (non-hydrogen) atoms. The zero-order chi connectivity index (χ0) is 15.1. The van der Waals surface area contributed by atoms with E-state index in [1.807, 2.05) is 6.26 Å². The van der Waals surface area contributed by atoms with E-state index in [0.717, 1.165) is 24.8 Å². The molecule has 3 unspecified atom stereocenters. The van der Waals surface area contributed by atoms with Crippen molar-refractivity contribution in [2.24, 2.45) is 16.7 Å². The Morgan fingerprint density at radius 3 is 2.81 bits per heavy atom. The lowest BCUT2D eigenvalue weighted by molar-refractivity contribution is -0.0597. The number of furan rings is 1. The van der Waals surface area contributed by atoms with Gasteiger partial charge in [0.25, 0.3) is 0 Å². The summed E-state index contributed by atoms with van der Waals surface area (Å²) in [7, 11) is 0. The van der Waals surface area contributed by atoms with Gasteiger partial charge in [-0.1, -0.05) is 27.7 Å². The maximum absolute atomic E-state index is 6.27. The van der Waals surface area contributed by atoms with E-state index < -0.39 is 0 Å². The molecule has 1 N–H and O–H groups in total. The van der Waals surface area contributed by atoms with Crippen molar-refractivity contribution in [2.45, 2.75) is 66.2 Å². The Balaban J connectivity index is 1.58. The van der Waals surface area contributed by atoms with Gasteiger partial charge >= 0.3 is 0 Å². The molecular formula is C18H29NO2. The summed E-state index contributed by atoms with van der Waals surface area (Å²) >= 11 is 0. The molecule has 1 heterocycles. The van der Waals surface area contributed by atoms with Gasteiger partial charge in [0, 0.05) is 12.1 Å². The monoisotopic (exact) mass is 291 g/mol. The molecule has 0 spiro atoms. The van der Waals surface area contributed by atoms with Crippen LogP contribution in [0.25, 0.3) is 0 Å². The van der Waals surface area contributed by atoms with Gasteiger partial charge in [0.15, 0.2) is 0 Å². The second kappa shape index (κ2) is 5.44. The molecule has 2 aliphatic rings. The van der Waals surface area contributed by atoms with E-state index in [1.54, 1.807) is 0 Å². The van der Waals surface area contributed by atoms with Gasteiger partial charge in [0.05, 0.1) is 12.4 Å². The lowest BCUT2D eigenvalue weighted by Gasteiger charge is -2.38. The molecule has 2 bridgehead atoms. The van der Waals surface area contributed by atoms with Crippen molar-refractivity contribution in [2.75, 3.05) is 6.54 Å². The van der Waals surface area contributed by atoms with Crippen LogP contribution >= 0.6 is 0 Å². The maximum Gasteiger partial charge on any atom is 0.129 e. The van der Waals surface area contributed by atoms with E-state index in [4.69, 9.17) is 9.15 Å². The van der Waals surface area contributed by atoms with Crippen LogP contribution < -0.4 is 5.32 Å². The molecule has 0 radical (unpaired) electrons. The quantitative estimate of drug-likeness (QED) is 0.856. The third kappa shape index (κ3) is 2.44. The Morgan fingerprint density at radius 1 is 1.38 bits per heavy atom. The smallest absolute Gasteiger partial charge is 0.129 e. The van der Waals surface area contributed by atoms with Crippen molar-refractivity contribution >= 4 is 0 Å². The Hall–Kier alpha value is -0.800. The Labute approximate surface area is 128 Å². The van der Waals surface area contributed by atoms with Gasteiger partial charge in [0.1, 0.15) is 12.4 Å². The van der Waals surface area contributed by atoms with Crippen LogP contribution in [0.1, 0.15) is 58.3 Å². The minimum atomic E-state index is 0.330. The van der Waals surface area contributed by atoms with Gasteiger partial charge in [-0.2, -0.15) is 0 Å². The van der Waals surface area contributed by atoms with E-state index in [0.29, 0.717) is 23.5 Å². The highest BCUT2D eigenvalue weighted by molar-refractivity contribution is 5.13. The molecule has 0 aliphatic heterocycles. The van der Waals surface area contributed by atoms with Gasteiger partial charge in [-0.15, -0.1) is 0 Å². The zero-order valence-electron chi connectivity index (χ0n) is 13.9. The van der Waals surface area contributed by atoms with Crippen molar-refractivity contribution < 1.29 is 9.15 Å². The van der Waals surface area contributed by atoms with Gasteiger partial charge in [0.2, 0.25) is 0 Å². The van der Waals surface area contributed by atoms with E-state index in [9.17, 15) is 0 Å². The van der Waals surface area contributed by atoms with Crippen molar-refractivity contribution in [1.29, 1.82) is 0 Å². The first-order valence-electron chi connectivity index (χ1n) is 8.36. The third-order valence-corrected chi connectivity index (χ3v) is 6.43. The largest absolute Gasteiger partial charge is 0.467 e. The summed E-state index contributed by atoms with van der Waals surface area (Å²) in [5.41, 5.74) is 1.95. The van der Waals surface area contributed by atoms with Gasteiger partial charge in [-0.3, -0.25) is 0 Å². The Kier molecular flexibility index (Phi) is 3.91. The van der Waals surface area contributed by atoms with Crippen LogP contribution in [0.15, 0.2) is 16.7 Å². The van der Waals surface area contributed by atoms with Crippen molar-refractivity contribution in [3.63, 3.8) is 0 Å². The molecule has 0 saturated heterocycles. The second-order valence-corrected chi connectivity index (χ2v) is 7.61. The molecule has 3 rings (SSSR count). The molecule has 3 atom stereocenters. The Morgan fingerprint density at radius 2 is 2.19 bits per heavy atom. The van der Waals surface area contributed by atoms with Crippen LogP contribution in [0.3, 0.4) is 0 Å².